The maximum absolute atomic E-state index is 11.5. The molecule has 1 saturated heterocycles. The molecule has 9 nitrogen and oxygen atoms in total. The van der Waals surface area contributed by atoms with E-state index in [4.69, 9.17) is 19.9 Å². The lowest BCUT2D eigenvalue weighted by Gasteiger charge is -2.26. The summed E-state index contributed by atoms with van der Waals surface area (Å²) in [4.78, 5) is 13.8. The lowest BCUT2D eigenvalue weighted by atomic mass is 10.1. The van der Waals surface area contributed by atoms with Gasteiger partial charge in [-0.15, -0.1) is 0 Å². The first kappa shape index (κ1) is 18.2. The predicted molar refractivity (Wildman–Crippen MR) is 94.3 cm³/mol. The van der Waals surface area contributed by atoms with Crippen LogP contribution in [0.4, 0.5) is 0 Å². The first-order chi connectivity index (χ1) is 12.7. The van der Waals surface area contributed by atoms with Crippen LogP contribution < -0.4 is 15.2 Å². The number of amides is 1. The summed E-state index contributed by atoms with van der Waals surface area (Å²) in [7, 11) is 0. The molecule has 1 aliphatic rings. The minimum absolute atomic E-state index is 0.0911. The molecule has 0 aliphatic carbocycles. The van der Waals surface area contributed by atoms with Crippen LogP contribution in [0.2, 0.25) is 0 Å². The number of hydrogen-bond acceptors (Lipinski definition) is 7. The van der Waals surface area contributed by atoms with Gasteiger partial charge >= 0.3 is 0 Å². The number of nitrogens with one attached hydrogen (secondary N) is 1. The van der Waals surface area contributed by atoms with Crippen LogP contribution in [0.25, 0.3) is 11.3 Å². The summed E-state index contributed by atoms with van der Waals surface area (Å²) in [6.07, 6.45) is 0. The third-order valence-corrected chi connectivity index (χ3v) is 4.07. The summed E-state index contributed by atoms with van der Waals surface area (Å²) in [5.41, 5.74) is 6.48. The van der Waals surface area contributed by atoms with Gasteiger partial charge in [0, 0.05) is 25.2 Å². The van der Waals surface area contributed by atoms with Crippen LogP contribution in [0.1, 0.15) is 17.4 Å². The van der Waals surface area contributed by atoms with Crippen LogP contribution in [0.15, 0.2) is 18.2 Å². The monoisotopic (exact) mass is 361 g/mol. The Hall–Kier alpha value is -2.65. The van der Waals surface area contributed by atoms with Gasteiger partial charge in [-0.25, -0.2) is 0 Å². The van der Waals surface area contributed by atoms with Crippen molar-refractivity contribution in [1.29, 1.82) is 0 Å². The largest absolute Gasteiger partial charge is 0.490 e. The van der Waals surface area contributed by atoms with Crippen LogP contribution in [0.5, 0.6) is 11.5 Å². The number of carbonyl (C=O) groups excluding carboxylic acids is 1. The van der Waals surface area contributed by atoms with Gasteiger partial charge in [0.1, 0.15) is 12.3 Å². The number of H-pyrrole nitrogens is 1. The molecule has 1 aliphatic heterocycles. The average molecular weight is 361 g/mol. The third kappa shape index (κ3) is 4.30. The molecule has 1 amide bonds. The molecule has 0 spiro atoms. The summed E-state index contributed by atoms with van der Waals surface area (Å²) >= 11 is 0. The highest BCUT2D eigenvalue weighted by Crippen LogP contribution is 2.33. The van der Waals surface area contributed by atoms with Crippen LogP contribution in [0, 0.1) is 0 Å². The molecule has 0 unspecified atom stereocenters. The summed E-state index contributed by atoms with van der Waals surface area (Å²) in [5, 5.41) is 10.2. The number of primary amides is 1. The lowest BCUT2D eigenvalue weighted by Crippen LogP contribution is -2.38. The molecule has 1 aromatic heterocycles. The van der Waals surface area contributed by atoms with E-state index in [-0.39, 0.29) is 5.69 Å². The fourth-order valence-corrected chi connectivity index (χ4v) is 2.76. The SMILES string of the molecule is CCOc1cc(-c2n[nH]nc2C(N)=O)ccc1OCCN1CCOCC1. The first-order valence-corrected chi connectivity index (χ1v) is 8.59. The molecule has 2 aromatic rings. The second-order valence-electron chi connectivity index (χ2n) is 5.78. The molecule has 0 atom stereocenters. The maximum atomic E-state index is 11.5. The van der Waals surface area contributed by atoms with Gasteiger partial charge in [0.05, 0.1) is 19.8 Å². The smallest absolute Gasteiger partial charge is 0.271 e. The predicted octanol–water partition coefficient (Wildman–Crippen LogP) is 0.680. The molecular weight excluding hydrogens is 338 g/mol. The number of aromatic nitrogens is 3. The Bertz CT molecular complexity index is 743. The summed E-state index contributed by atoms with van der Waals surface area (Å²) in [6, 6.07) is 5.38. The average Bonchev–Trinajstić information content (AvgIpc) is 3.14. The third-order valence-electron chi connectivity index (χ3n) is 4.07. The van der Waals surface area contributed by atoms with E-state index in [9.17, 15) is 4.79 Å². The first-order valence-electron chi connectivity index (χ1n) is 8.59. The van der Waals surface area contributed by atoms with E-state index < -0.39 is 5.91 Å². The normalized spacial score (nSPS) is 15.0. The van der Waals surface area contributed by atoms with Crippen LogP contribution in [0.3, 0.4) is 0 Å². The highest BCUT2D eigenvalue weighted by Gasteiger charge is 2.17. The van der Waals surface area contributed by atoms with Gasteiger partial charge in [0.25, 0.3) is 5.91 Å². The molecule has 0 saturated carbocycles. The van der Waals surface area contributed by atoms with Gasteiger partial charge in [0.2, 0.25) is 0 Å². The minimum atomic E-state index is -0.641. The Balaban J connectivity index is 1.71. The zero-order valence-electron chi connectivity index (χ0n) is 14.7. The van der Waals surface area contributed by atoms with Crippen molar-refractivity contribution in [2.24, 2.45) is 5.73 Å². The second-order valence-corrected chi connectivity index (χ2v) is 5.78. The van der Waals surface area contributed by atoms with Crippen molar-refractivity contribution in [1.82, 2.24) is 20.3 Å². The molecule has 9 heteroatoms. The Morgan fingerprint density at radius 1 is 1.27 bits per heavy atom. The number of morpholine rings is 1. The molecule has 1 aromatic carbocycles. The number of nitrogens with zero attached hydrogens (tertiary/aromatic N) is 3. The zero-order chi connectivity index (χ0) is 18.4. The molecule has 3 N–H and O–H groups in total. The number of ether oxygens (including phenoxy) is 3. The van der Waals surface area contributed by atoms with Crippen LogP contribution in [-0.2, 0) is 4.74 Å². The number of hydrogen-bond donors (Lipinski definition) is 2. The minimum Gasteiger partial charge on any atom is -0.490 e. The Labute approximate surface area is 151 Å². The summed E-state index contributed by atoms with van der Waals surface area (Å²) in [5.74, 6) is 0.593. The van der Waals surface area contributed by atoms with E-state index in [2.05, 4.69) is 20.3 Å². The topological polar surface area (TPSA) is 116 Å². The fourth-order valence-electron chi connectivity index (χ4n) is 2.76. The zero-order valence-corrected chi connectivity index (χ0v) is 14.7. The van der Waals surface area contributed by atoms with Crippen LogP contribution in [-0.4, -0.2) is 72.3 Å². The highest BCUT2D eigenvalue weighted by molar-refractivity contribution is 5.96. The number of aromatic amines is 1. The number of carbonyl (C=O) groups is 1. The van der Waals surface area contributed by atoms with E-state index in [0.29, 0.717) is 36.0 Å². The quantitative estimate of drug-likeness (QED) is 0.710. The molecule has 26 heavy (non-hydrogen) atoms. The molecule has 140 valence electrons. The molecule has 0 radical (unpaired) electrons. The standard InChI is InChI=1S/C17H23N5O4/c1-2-25-14-11-12(15-16(17(18)23)20-21-19-15)3-4-13(14)26-10-7-22-5-8-24-9-6-22/h3-4,11H,2,5-10H2,1H3,(H2,18,23)(H,19,20,21). The van der Waals surface area contributed by atoms with Gasteiger partial charge in [-0.3, -0.25) is 9.69 Å². The second kappa shape index (κ2) is 8.63. The molecular formula is C17H23N5O4. The molecule has 0 bridgehead atoms. The summed E-state index contributed by atoms with van der Waals surface area (Å²) in [6.45, 7) is 7.13. The fraction of sp³-hybridized carbons (Fsp3) is 0.471. The van der Waals surface area contributed by atoms with Crippen molar-refractivity contribution < 1.29 is 19.0 Å². The molecule has 1 fully saturated rings. The van der Waals surface area contributed by atoms with Gasteiger partial charge in [-0.05, 0) is 25.1 Å². The van der Waals surface area contributed by atoms with Crippen molar-refractivity contribution in [2.75, 3.05) is 46.1 Å². The molecule has 3 rings (SSSR count). The number of nitrogens with two attached hydrogens (primary N) is 1. The summed E-state index contributed by atoms with van der Waals surface area (Å²) < 4.78 is 16.9. The Morgan fingerprint density at radius 3 is 2.81 bits per heavy atom. The van der Waals surface area contributed by atoms with Gasteiger partial charge < -0.3 is 19.9 Å². The van der Waals surface area contributed by atoms with Gasteiger partial charge in [-0.1, -0.05) is 0 Å². The number of rotatable bonds is 8. The van der Waals surface area contributed by atoms with Crippen molar-refractivity contribution in [3.63, 3.8) is 0 Å². The molecule has 2 heterocycles. The van der Waals surface area contributed by atoms with E-state index in [1.165, 1.54) is 0 Å². The Morgan fingerprint density at radius 2 is 2.08 bits per heavy atom. The van der Waals surface area contributed by atoms with E-state index in [1.807, 2.05) is 6.92 Å². The van der Waals surface area contributed by atoms with E-state index in [1.54, 1.807) is 18.2 Å². The highest BCUT2D eigenvalue weighted by atomic mass is 16.5. The van der Waals surface area contributed by atoms with Crippen molar-refractivity contribution in [2.45, 2.75) is 6.92 Å². The van der Waals surface area contributed by atoms with Crippen molar-refractivity contribution >= 4 is 5.91 Å². The van der Waals surface area contributed by atoms with Crippen LogP contribution >= 0.6 is 0 Å². The number of benzene rings is 1. The van der Waals surface area contributed by atoms with Crippen molar-refractivity contribution in [3.8, 4) is 22.8 Å². The van der Waals surface area contributed by atoms with E-state index >= 15 is 0 Å². The maximum Gasteiger partial charge on any atom is 0.271 e. The van der Waals surface area contributed by atoms with Crippen molar-refractivity contribution in [3.05, 3.63) is 23.9 Å². The van der Waals surface area contributed by atoms with Gasteiger partial charge in [-0.2, -0.15) is 15.4 Å². The lowest BCUT2D eigenvalue weighted by molar-refractivity contribution is 0.0321. The van der Waals surface area contributed by atoms with E-state index in [0.717, 1.165) is 32.8 Å². The Kier molecular flexibility index (Phi) is 6.03. The van der Waals surface area contributed by atoms with Gasteiger partial charge in [0.15, 0.2) is 17.2 Å².